The average molecular weight is 476 g/mol. The molecule has 0 saturated carbocycles. The van der Waals surface area contributed by atoms with Crippen molar-refractivity contribution in [2.45, 2.75) is 71.1 Å². The molecule has 1 aromatic rings. The molecule has 0 atom stereocenters. The average Bonchev–Trinajstić information content (AvgIpc) is 2.76. The zero-order valence-electron chi connectivity index (χ0n) is 19.6. The maximum absolute atomic E-state index is 12.7. The molecule has 0 bridgehead atoms. The first kappa shape index (κ1) is 27.8. The Morgan fingerprint density at radius 1 is 0.844 bits per heavy atom. The summed E-state index contributed by atoms with van der Waals surface area (Å²) >= 11 is 0. The molecule has 0 fully saturated rings. The molecular weight excluding hydrogens is 438 g/mol. The lowest BCUT2D eigenvalue weighted by Crippen LogP contribution is -2.37. The van der Waals surface area contributed by atoms with Gasteiger partial charge in [-0.3, -0.25) is 4.18 Å². The fourth-order valence-electron chi connectivity index (χ4n) is 3.30. The van der Waals surface area contributed by atoms with Crippen LogP contribution in [-0.4, -0.2) is 47.6 Å². The Bertz CT molecular complexity index is 772. The largest absolute Gasteiger partial charge is 0.496 e. The number of hydrogen-bond donors (Lipinski definition) is 1. The molecular formula is C22H37NO8S. The number of amides is 1. The van der Waals surface area contributed by atoms with Crippen molar-refractivity contribution in [3.63, 3.8) is 0 Å². The summed E-state index contributed by atoms with van der Waals surface area (Å²) in [7, 11) is -0.651. The van der Waals surface area contributed by atoms with Crippen LogP contribution in [0.15, 0.2) is 12.1 Å². The van der Waals surface area contributed by atoms with Crippen LogP contribution < -0.4 is 18.5 Å². The Labute approximate surface area is 191 Å². The van der Waals surface area contributed by atoms with Gasteiger partial charge in [-0.25, -0.2) is 4.79 Å². The molecule has 0 spiro atoms. The molecule has 9 nitrogen and oxygen atoms in total. The van der Waals surface area contributed by atoms with E-state index in [1.807, 2.05) is 0 Å². The summed E-state index contributed by atoms with van der Waals surface area (Å²) in [4.78, 5) is 11.9. The molecule has 184 valence electrons. The van der Waals surface area contributed by atoms with Gasteiger partial charge in [0.15, 0.2) is 11.5 Å². The Balaban J connectivity index is 2.69. The second-order valence-corrected chi connectivity index (χ2v) is 8.85. The second-order valence-electron chi connectivity index (χ2n) is 7.39. The van der Waals surface area contributed by atoms with Crippen molar-refractivity contribution in [3.05, 3.63) is 12.1 Å². The lowest BCUT2D eigenvalue weighted by atomic mass is 10.1. The zero-order chi connectivity index (χ0) is 24.0. The van der Waals surface area contributed by atoms with Crippen molar-refractivity contribution in [3.8, 4) is 17.2 Å². The molecule has 1 rings (SSSR count). The van der Waals surface area contributed by atoms with Crippen LogP contribution in [-0.2, 0) is 14.5 Å². The van der Waals surface area contributed by atoms with Crippen LogP contribution in [0.5, 0.6) is 17.2 Å². The topological polar surface area (TPSA) is 112 Å². The van der Waals surface area contributed by atoms with Crippen LogP contribution in [0, 0.1) is 0 Å². The van der Waals surface area contributed by atoms with Gasteiger partial charge in [0.25, 0.3) is 0 Å². The fourth-order valence-corrected chi connectivity index (χ4v) is 4.33. The Hall–Kier alpha value is -2.20. The first-order valence-corrected chi connectivity index (χ1v) is 12.4. The van der Waals surface area contributed by atoms with Gasteiger partial charge in [0, 0.05) is 12.1 Å². The van der Waals surface area contributed by atoms with E-state index < -0.39 is 16.4 Å². The van der Waals surface area contributed by atoms with E-state index in [0.29, 0.717) is 12.2 Å². The van der Waals surface area contributed by atoms with Gasteiger partial charge in [-0.2, -0.15) is 8.42 Å². The number of ether oxygens (including phenoxy) is 3. The molecule has 0 aliphatic rings. The van der Waals surface area contributed by atoms with Crippen molar-refractivity contribution >= 4 is 22.1 Å². The standard InChI is InChI=1S/C22H37NO8S/c1-5-6-7-8-9-10-11-12-13-14-15-31-32(26,27)23(22(24)25)21-19(29-3)16-18(28-2)17-20(21)30-4/h16-17H,5-15H2,1-4H3,(H,24,25). The lowest BCUT2D eigenvalue weighted by Gasteiger charge is -2.23. The molecule has 0 unspecified atom stereocenters. The van der Waals surface area contributed by atoms with Gasteiger partial charge in [0.2, 0.25) is 0 Å². The van der Waals surface area contributed by atoms with Crippen LogP contribution in [0.1, 0.15) is 71.1 Å². The molecule has 0 aliphatic heterocycles. The molecule has 1 aromatic carbocycles. The smallest absolute Gasteiger partial charge is 0.427 e. The molecule has 0 aliphatic carbocycles. The minimum Gasteiger partial charge on any atom is -0.496 e. The highest BCUT2D eigenvalue weighted by molar-refractivity contribution is 7.89. The summed E-state index contributed by atoms with van der Waals surface area (Å²) in [5.74, 6) is 0.223. The number of hydrogen-bond acceptors (Lipinski definition) is 7. The number of nitrogens with zero attached hydrogens (tertiary/aromatic N) is 1. The van der Waals surface area contributed by atoms with Gasteiger partial charge < -0.3 is 19.3 Å². The van der Waals surface area contributed by atoms with E-state index in [-0.39, 0.29) is 28.1 Å². The van der Waals surface area contributed by atoms with Crippen molar-refractivity contribution in [1.29, 1.82) is 0 Å². The predicted molar refractivity (Wildman–Crippen MR) is 123 cm³/mol. The number of carboxylic acid groups (broad SMARTS) is 1. The summed E-state index contributed by atoms with van der Waals surface area (Å²) in [6.45, 7) is 2.09. The highest BCUT2D eigenvalue weighted by Gasteiger charge is 2.36. The van der Waals surface area contributed by atoms with E-state index in [9.17, 15) is 18.3 Å². The number of carbonyl (C=O) groups is 1. The third kappa shape index (κ3) is 8.74. The summed E-state index contributed by atoms with van der Waals surface area (Å²) in [6, 6.07) is 2.73. The van der Waals surface area contributed by atoms with E-state index in [0.717, 1.165) is 19.3 Å². The van der Waals surface area contributed by atoms with Gasteiger partial charge >= 0.3 is 16.4 Å². The van der Waals surface area contributed by atoms with Crippen LogP contribution in [0.4, 0.5) is 10.5 Å². The van der Waals surface area contributed by atoms with E-state index in [2.05, 4.69) is 6.92 Å². The number of anilines is 1. The van der Waals surface area contributed by atoms with Crippen LogP contribution in [0.25, 0.3) is 0 Å². The van der Waals surface area contributed by atoms with Gasteiger partial charge in [-0.1, -0.05) is 64.7 Å². The van der Waals surface area contributed by atoms with Crippen LogP contribution >= 0.6 is 0 Å². The van der Waals surface area contributed by atoms with Crippen molar-refractivity contribution in [2.75, 3.05) is 32.2 Å². The highest BCUT2D eigenvalue weighted by Crippen LogP contribution is 2.43. The lowest BCUT2D eigenvalue weighted by molar-refractivity contribution is 0.203. The van der Waals surface area contributed by atoms with E-state index in [4.69, 9.17) is 18.4 Å². The molecule has 0 heterocycles. The summed E-state index contributed by atoms with van der Waals surface area (Å²) in [6.07, 6.45) is 9.14. The Morgan fingerprint density at radius 2 is 1.31 bits per heavy atom. The SMILES string of the molecule is CCCCCCCCCCCCOS(=O)(=O)N(C(=O)O)c1c(OC)cc(OC)cc1OC. The van der Waals surface area contributed by atoms with Gasteiger partial charge in [-0.05, 0) is 6.42 Å². The van der Waals surface area contributed by atoms with E-state index in [1.165, 1.54) is 72.0 Å². The summed E-state index contributed by atoms with van der Waals surface area (Å²) in [5, 5.41) is 9.63. The predicted octanol–water partition coefficient (Wildman–Crippen LogP) is 5.38. The van der Waals surface area contributed by atoms with Gasteiger partial charge in [0.1, 0.15) is 11.4 Å². The second kappa shape index (κ2) is 14.8. The molecule has 0 saturated heterocycles. The Morgan fingerprint density at radius 3 is 1.72 bits per heavy atom. The van der Waals surface area contributed by atoms with E-state index in [1.54, 1.807) is 0 Å². The maximum atomic E-state index is 12.7. The zero-order valence-corrected chi connectivity index (χ0v) is 20.4. The molecule has 32 heavy (non-hydrogen) atoms. The number of methoxy groups -OCH3 is 3. The van der Waals surface area contributed by atoms with Crippen LogP contribution in [0.2, 0.25) is 0 Å². The fraction of sp³-hybridized carbons (Fsp3) is 0.682. The quantitative estimate of drug-likeness (QED) is 0.299. The van der Waals surface area contributed by atoms with Crippen molar-refractivity contribution in [2.24, 2.45) is 0 Å². The van der Waals surface area contributed by atoms with Gasteiger partial charge in [0.05, 0.1) is 27.9 Å². The van der Waals surface area contributed by atoms with Gasteiger partial charge in [-0.15, -0.1) is 4.31 Å². The Kier molecular flexibility index (Phi) is 12.9. The highest BCUT2D eigenvalue weighted by atomic mass is 32.2. The summed E-state index contributed by atoms with van der Waals surface area (Å²) < 4.78 is 46.0. The molecule has 10 heteroatoms. The van der Waals surface area contributed by atoms with Crippen LogP contribution in [0.3, 0.4) is 0 Å². The molecule has 0 aromatic heterocycles. The van der Waals surface area contributed by atoms with Crippen molar-refractivity contribution in [1.82, 2.24) is 0 Å². The summed E-state index contributed by atoms with van der Waals surface area (Å²) in [5.41, 5.74) is -0.300. The maximum Gasteiger partial charge on any atom is 0.427 e. The minimum atomic E-state index is -4.64. The monoisotopic (exact) mass is 475 g/mol. The number of unbranched alkanes of at least 4 members (excludes halogenated alkanes) is 9. The molecule has 1 N–H and O–H groups in total. The van der Waals surface area contributed by atoms with Crippen molar-refractivity contribution < 1.29 is 36.7 Å². The first-order valence-electron chi connectivity index (χ1n) is 11.0. The number of benzene rings is 1. The third-order valence-corrected chi connectivity index (χ3v) is 6.27. The number of rotatable bonds is 17. The third-order valence-electron chi connectivity index (χ3n) is 5.02. The normalized spacial score (nSPS) is 11.2. The van der Waals surface area contributed by atoms with E-state index >= 15 is 0 Å². The molecule has 0 radical (unpaired) electrons. The minimum absolute atomic E-state index is 0.0466. The first-order chi connectivity index (χ1) is 15.3. The molecule has 1 amide bonds.